The fourth-order valence-corrected chi connectivity index (χ4v) is 2.14. The second-order valence-corrected chi connectivity index (χ2v) is 5.66. The Labute approximate surface area is 128 Å². The molecule has 1 aromatic rings. The number of nitrogens with two attached hydrogens (primary N) is 1. The molecule has 0 heterocycles. The Hall–Kier alpha value is -1.06. The molecule has 3 nitrogen and oxygen atoms in total. The Kier molecular flexibility index (Phi) is 8.51. The van der Waals surface area contributed by atoms with Crippen LogP contribution in [0.25, 0.3) is 0 Å². The number of amides is 1. The Morgan fingerprint density at radius 1 is 1.25 bits per heavy atom. The van der Waals surface area contributed by atoms with Gasteiger partial charge in [-0.1, -0.05) is 38.1 Å². The third-order valence-corrected chi connectivity index (χ3v) is 3.33. The van der Waals surface area contributed by atoms with Crippen LogP contribution in [0.15, 0.2) is 24.3 Å². The average molecular weight is 299 g/mol. The van der Waals surface area contributed by atoms with Gasteiger partial charge in [-0.05, 0) is 37.3 Å². The van der Waals surface area contributed by atoms with E-state index in [-0.39, 0.29) is 30.4 Å². The first-order valence-electron chi connectivity index (χ1n) is 7.02. The molecule has 3 N–H and O–H groups in total. The Morgan fingerprint density at radius 2 is 1.85 bits per heavy atom. The van der Waals surface area contributed by atoms with E-state index >= 15 is 0 Å². The molecule has 2 atom stereocenters. The molecule has 1 amide bonds. The lowest BCUT2D eigenvalue weighted by Crippen LogP contribution is -2.33. The van der Waals surface area contributed by atoms with Gasteiger partial charge in [0.1, 0.15) is 0 Å². The smallest absolute Gasteiger partial charge is 0.220 e. The van der Waals surface area contributed by atoms with Crippen molar-refractivity contribution in [3.05, 3.63) is 35.4 Å². The number of hydrogen-bond donors (Lipinski definition) is 2. The Morgan fingerprint density at radius 3 is 2.35 bits per heavy atom. The van der Waals surface area contributed by atoms with Crippen LogP contribution in [0.1, 0.15) is 50.8 Å². The molecule has 0 aromatic heterocycles. The normalized spacial score (nSPS) is 13.5. The summed E-state index contributed by atoms with van der Waals surface area (Å²) < 4.78 is 0. The van der Waals surface area contributed by atoms with Gasteiger partial charge in [0.2, 0.25) is 5.91 Å². The maximum Gasteiger partial charge on any atom is 0.220 e. The summed E-state index contributed by atoms with van der Waals surface area (Å²) in [7, 11) is 0. The SMILES string of the molecule is Cc1ccccc1C(NC(=O)CCC(C)N)C(C)C.Cl. The Bertz CT molecular complexity index is 419. The largest absolute Gasteiger partial charge is 0.349 e. The van der Waals surface area contributed by atoms with Crippen LogP contribution in [0.2, 0.25) is 0 Å². The van der Waals surface area contributed by atoms with E-state index in [9.17, 15) is 4.79 Å². The molecule has 0 aliphatic carbocycles. The van der Waals surface area contributed by atoms with Crippen molar-refractivity contribution in [2.75, 3.05) is 0 Å². The van der Waals surface area contributed by atoms with Gasteiger partial charge in [-0.25, -0.2) is 0 Å². The van der Waals surface area contributed by atoms with Crippen LogP contribution < -0.4 is 11.1 Å². The van der Waals surface area contributed by atoms with Crippen LogP contribution in [-0.2, 0) is 4.79 Å². The predicted molar refractivity (Wildman–Crippen MR) is 87.0 cm³/mol. The van der Waals surface area contributed by atoms with Gasteiger partial charge < -0.3 is 11.1 Å². The molecule has 0 radical (unpaired) electrons. The van der Waals surface area contributed by atoms with Crippen molar-refractivity contribution in [3.8, 4) is 0 Å². The second-order valence-electron chi connectivity index (χ2n) is 5.66. The topological polar surface area (TPSA) is 55.1 Å². The third-order valence-electron chi connectivity index (χ3n) is 3.33. The zero-order valence-corrected chi connectivity index (χ0v) is 13.7. The van der Waals surface area contributed by atoms with Crippen LogP contribution in [-0.4, -0.2) is 11.9 Å². The Balaban J connectivity index is 0.00000361. The lowest BCUT2D eigenvalue weighted by atomic mass is 9.92. The number of carbonyl (C=O) groups is 1. The molecule has 0 spiro atoms. The molecule has 20 heavy (non-hydrogen) atoms. The number of carbonyl (C=O) groups excluding carboxylic acids is 1. The molecule has 1 rings (SSSR count). The van der Waals surface area contributed by atoms with Crippen molar-refractivity contribution in [2.45, 2.75) is 52.6 Å². The van der Waals surface area contributed by atoms with Gasteiger partial charge in [-0.2, -0.15) is 0 Å². The average Bonchev–Trinajstić information content (AvgIpc) is 2.34. The highest BCUT2D eigenvalue weighted by atomic mass is 35.5. The zero-order chi connectivity index (χ0) is 14.4. The summed E-state index contributed by atoms with van der Waals surface area (Å²) in [6.07, 6.45) is 1.22. The van der Waals surface area contributed by atoms with E-state index in [0.29, 0.717) is 12.3 Å². The van der Waals surface area contributed by atoms with Gasteiger partial charge >= 0.3 is 0 Å². The molecule has 0 bridgehead atoms. The summed E-state index contributed by atoms with van der Waals surface area (Å²) in [4.78, 5) is 12.0. The van der Waals surface area contributed by atoms with Crippen molar-refractivity contribution in [1.82, 2.24) is 5.32 Å². The molecule has 0 saturated carbocycles. The van der Waals surface area contributed by atoms with Crippen molar-refractivity contribution >= 4 is 18.3 Å². The van der Waals surface area contributed by atoms with Gasteiger partial charge in [-0.3, -0.25) is 4.79 Å². The van der Waals surface area contributed by atoms with E-state index in [1.165, 1.54) is 11.1 Å². The number of hydrogen-bond acceptors (Lipinski definition) is 2. The van der Waals surface area contributed by atoms with E-state index in [1.54, 1.807) is 0 Å². The highest BCUT2D eigenvalue weighted by Gasteiger charge is 2.19. The number of aryl methyl sites for hydroxylation is 1. The van der Waals surface area contributed by atoms with Crippen LogP contribution in [0.5, 0.6) is 0 Å². The first kappa shape index (κ1) is 18.9. The minimum Gasteiger partial charge on any atom is -0.349 e. The van der Waals surface area contributed by atoms with Crippen LogP contribution in [0.4, 0.5) is 0 Å². The summed E-state index contributed by atoms with van der Waals surface area (Å²) in [5.41, 5.74) is 8.10. The lowest BCUT2D eigenvalue weighted by Gasteiger charge is -2.24. The van der Waals surface area contributed by atoms with E-state index in [1.807, 2.05) is 19.1 Å². The van der Waals surface area contributed by atoms with Gasteiger partial charge in [0.05, 0.1) is 6.04 Å². The minimum absolute atomic E-state index is 0. The molecular formula is C16H27ClN2O. The molecule has 1 aromatic carbocycles. The van der Waals surface area contributed by atoms with Gasteiger partial charge in [0.15, 0.2) is 0 Å². The molecule has 114 valence electrons. The van der Waals surface area contributed by atoms with Crippen LogP contribution in [0, 0.1) is 12.8 Å². The summed E-state index contributed by atoms with van der Waals surface area (Å²) in [6.45, 7) is 8.26. The molecule has 0 aliphatic heterocycles. The third kappa shape index (κ3) is 5.93. The van der Waals surface area contributed by atoms with Crippen molar-refractivity contribution in [1.29, 1.82) is 0 Å². The van der Waals surface area contributed by atoms with E-state index in [0.717, 1.165) is 6.42 Å². The number of nitrogens with one attached hydrogen (secondary N) is 1. The second kappa shape index (κ2) is 8.98. The fraction of sp³-hybridized carbons (Fsp3) is 0.562. The van der Waals surface area contributed by atoms with Crippen molar-refractivity contribution in [2.24, 2.45) is 11.7 Å². The number of benzene rings is 1. The van der Waals surface area contributed by atoms with E-state index in [2.05, 4.69) is 38.2 Å². The first-order chi connectivity index (χ1) is 8.91. The maximum atomic E-state index is 12.0. The highest BCUT2D eigenvalue weighted by molar-refractivity contribution is 5.85. The lowest BCUT2D eigenvalue weighted by molar-refractivity contribution is -0.122. The van der Waals surface area contributed by atoms with Crippen LogP contribution in [0.3, 0.4) is 0 Å². The monoisotopic (exact) mass is 298 g/mol. The molecule has 0 aliphatic rings. The van der Waals surface area contributed by atoms with Gasteiger partial charge in [-0.15, -0.1) is 12.4 Å². The van der Waals surface area contributed by atoms with Crippen LogP contribution >= 0.6 is 12.4 Å². The summed E-state index contributed by atoms with van der Waals surface area (Å²) >= 11 is 0. The molecule has 2 unspecified atom stereocenters. The summed E-state index contributed by atoms with van der Waals surface area (Å²) in [6, 6.07) is 8.36. The maximum absolute atomic E-state index is 12.0. The van der Waals surface area contributed by atoms with Gasteiger partial charge in [0, 0.05) is 12.5 Å². The predicted octanol–water partition coefficient (Wildman–Crippen LogP) is 3.36. The van der Waals surface area contributed by atoms with Gasteiger partial charge in [0.25, 0.3) is 0 Å². The summed E-state index contributed by atoms with van der Waals surface area (Å²) in [5, 5.41) is 3.13. The first-order valence-corrected chi connectivity index (χ1v) is 7.02. The van der Waals surface area contributed by atoms with Crippen molar-refractivity contribution in [3.63, 3.8) is 0 Å². The quantitative estimate of drug-likeness (QED) is 0.846. The molecule has 0 fully saturated rings. The minimum atomic E-state index is 0. The van der Waals surface area contributed by atoms with E-state index < -0.39 is 0 Å². The number of halogens is 1. The standard InChI is InChI=1S/C16H26N2O.ClH/c1-11(2)16(14-8-6-5-7-12(14)3)18-15(19)10-9-13(4)17;/h5-8,11,13,16H,9-10,17H2,1-4H3,(H,18,19);1H. The highest BCUT2D eigenvalue weighted by Crippen LogP contribution is 2.24. The molecular weight excluding hydrogens is 272 g/mol. The summed E-state index contributed by atoms with van der Waals surface area (Å²) in [5.74, 6) is 0.444. The molecule has 0 saturated heterocycles. The fourth-order valence-electron chi connectivity index (χ4n) is 2.14. The number of rotatable bonds is 6. The zero-order valence-electron chi connectivity index (χ0n) is 12.8. The molecule has 4 heteroatoms. The van der Waals surface area contributed by atoms with E-state index in [4.69, 9.17) is 5.73 Å². The van der Waals surface area contributed by atoms with Crippen molar-refractivity contribution < 1.29 is 4.79 Å².